The average molecular weight is 574 g/mol. The lowest BCUT2D eigenvalue weighted by Crippen LogP contribution is -2.49. The van der Waals surface area contributed by atoms with E-state index >= 15 is 0 Å². The van der Waals surface area contributed by atoms with Gasteiger partial charge in [0.2, 0.25) is 0 Å². The van der Waals surface area contributed by atoms with Gasteiger partial charge in [0, 0.05) is 43.5 Å². The fourth-order valence-electron chi connectivity index (χ4n) is 6.01. The summed E-state index contributed by atoms with van der Waals surface area (Å²) < 4.78 is 13.4. The van der Waals surface area contributed by atoms with Crippen molar-refractivity contribution in [2.24, 2.45) is 7.05 Å². The molecule has 9 nitrogen and oxygen atoms in total. The standard InChI is InChI=1S/C33H39N3O6/c1-21-28(30(37)38)18-23(34(21)5)19-36(22-14-16-35(17-15-22)31(39)42-33(2,3)4)32(40)41-20-29-26-12-8-6-10-24(26)25-11-7-9-13-27(25)29/h6-13,18,22,29H,14-17,19-20H2,1-5H3,(H,37,38). The summed E-state index contributed by atoms with van der Waals surface area (Å²) in [5, 5.41) is 9.66. The summed E-state index contributed by atoms with van der Waals surface area (Å²) in [6.45, 7) is 8.53. The van der Waals surface area contributed by atoms with Crippen molar-refractivity contribution in [2.45, 2.75) is 64.6 Å². The number of aromatic carboxylic acids is 1. The third kappa shape index (κ3) is 5.86. The van der Waals surface area contributed by atoms with E-state index in [9.17, 15) is 19.5 Å². The zero-order valence-electron chi connectivity index (χ0n) is 24.9. The van der Waals surface area contributed by atoms with Gasteiger partial charge < -0.3 is 24.0 Å². The number of benzene rings is 2. The topological polar surface area (TPSA) is 101 Å². The van der Waals surface area contributed by atoms with E-state index in [1.54, 1.807) is 29.8 Å². The third-order valence-electron chi connectivity index (χ3n) is 8.32. The number of carbonyl (C=O) groups excluding carboxylic acids is 2. The summed E-state index contributed by atoms with van der Waals surface area (Å²) in [5.74, 6) is -1.08. The van der Waals surface area contributed by atoms with E-state index in [0.29, 0.717) is 37.3 Å². The molecule has 0 radical (unpaired) electrons. The highest BCUT2D eigenvalue weighted by Crippen LogP contribution is 2.44. The molecular formula is C33H39N3O6. The Morgan fingerprint density at radius 3 is 2.07 bits per heavy atom. The maximum Gasteiger partial charge on any atom is 0.410 e. The fourth-order valence-corrected chi connectivity index (χ4v) is 6.01. The van der Waals surface area contributed by atoms with Gasteiger partial charge >= 0.3 is 18.2 Å². The first-order valence-corrected chi connectivity index (χ1v) is 14.4. The summed E-state index contributed by atoms with van der Waals surface area (Å²) >= 11 is 0. The van der Waals surface area contributed by atoms with Gasteiger partial charge in [-0.05, 0) is 68.9 Å². The average Bonchev–Trinajstić information content (AvgIpc) is 3.43. The lowest BCUT2D eigenvalue weighted by molar-refractivity contribution is 0.0128. The SMILES string of the molecule is Cc1c(C(=O)O)cc(CN(C(=O)OCC2c3ccccc3-c3ccccc32)C2CCN(C(=O)OC(C)(C)C)CC2)n1C. The lowest BCUT2D eigenvalue weighted by atomic mass is 9.98. The zero-order valence-corrected chi connectivity index (χ0v) is 24.9. The van der Waals surface area contributed by atoms with Crippen molar-refractivity contribution in [3.05, 3.63) is 82.7 Å². The number of carboxylic acids is 1. The van der Waals surface area contributed by atoms with Crippen LogP contribution in [0.3, 0.4) is 0 Å². The van der Waals surface area contributed by atoms with Gasteiger partial charge in [0.25, 0.3) is 0 Å². The van der Waals surface area contributed by atoms with Gasteiger partial charge in [0.05, 0.1) is 12.1 Å². The van der Waals surface area contributed by atoms with Crippen molar-refractivity contribution in [2.75, 3.05) is 19.7 Å². The Hall–Kier alpha value is -4.27. The zero-order chi connectivity index (χ0) is 30.2. The monoisotopic (exact) mass is 573 g/mol. The molecule has 42 heavy (non-hydrogen) atoms. The van der Waals surface area contributed by atoms with Gasteiger partial charge in [-0.25, -0.2) is 14.4 Å². The molecule has 2 amide bonds. The molecule has 5 rings (SSSR count). The highest BCUT2D eigenvalue weighted by atomic mass is 16.6. The molecule has 1 aliphatic carbocycles. The van der Waals surface area contributed by atoms with Crippen molar-refractivity contribution >= 4 is 18.2 Å². The van der Waals surface area contributed by atoms with E-state index in [4.69, 9.17) is 9.47 Å². The molecule has 2 aliphatic rings. The molecule has 0 saturated carbocycles. The number of carbonyl (C=O) groups is 3. The normalized spacial score (nSPS) is 15.2. The lowest BCUT2D eigenvalue weighted by Gasteiger charge is -2.38. The van der Waals surface area contributed by atoms with E-state index in [-0.39, 0.29) is 36.8 Å². The van der Waals surface area contributed by atoms with Crippen molar-refractivity contribution in [3.8, 4) is 11.1 Å². The van der Waals surface area contributed by atoms with E-state index in [2.05, 4.69) is 24.3 Å². The number of fused-ring (bicyclic) bond motifs is 3. The molecule has 0 spiro atoms. The molecule has 222 valence electrons. The Balaban J connectivity index is 1.36. The molecule has 2 heterocycles. The third-order valence-corrected chi connectivity index (χ3v) is 8.32. The summed E-state index contributed by atoms with van der Waals surface area (Å²) in [7, 11) is 1.80. The molecule has 3 aromatic rings. The van der Waals surface area contributed by atoms with E-state index < -0.39 is 17.7 Å². The number of piperidine rings is 1. The van der Waals surface area contributed by atoms with E-state index in [0.717, 1.165) is 22.3 Å². The Labute approximate surface area is 246 Å². The second kappa shape index (κ2) is 11.5. The van der Waals surface area contributed by atoms with Crippen LogP contribution in [-0.2, 0) is 23.1 Å². The number of hydrogen-bond acceptors (Lipinski definition) is 5. The number of nitrogens with zero attached hydrogens (tertiary/aromatic N) is 3. The first kappa shape index (κ1) is 29.2. The van der Waals surface area contributed by atoms with Crippen LogP contribution in [-0.4, -0.2) is 69.0 Å². The predicted octanol–water partition coefficient (Wildman–Crippen LogP) is 6.18. The van der Waals surface area contributed by atoms with Gasteiger partial charge in [0.15, 0.2) is 0 Å². The Morgan fingerprint density at radius 1 is 0.976 bits per heavy atom. The van der Waals surface area contributed by atoms with Crippen LogP contribution >= 0.6 is 0 Å². The van der Waals surface area contributed by atoms with Gasteiger partial charge in [-0.15, -0.1) is 0 Å². The number of ether oxygens (including phenoxy) is 2. The van der Waals surface area contributed by atoms with Crippen molar-refractivity contribution in [1.29, 1.82) is 0 Å². The number of hydrogen-bond donors (Lipinski definition) is 1. The Kier molecular flexibility index (Phi) is 8.03. The maximum atomic E-state index is 13.8. The van der Waals surface area contributed by atoms with Gasteiger partial charge in [-0.1, -0.05) is 48.5 Å². The fraction of sp³-hybridized carbons (Fsp3) is 0.424. The van der Waals surface area contributed by atoms with Crippen molar-refractivity contribution < 1.29 is 29.0 Å². The summed E-state index contributed by atoms with van der Waals surface area (Å²) in [4.78, 5) is 41.7. The molecule has 1 N–H and O–H groups in total. The van der Waals surface area contributed by atoms with Gasteiger partial charge in [-0.3, -0.25) is 4.90 Å². The number of rotatable bonds is 6. The number of amides is 2. The van der Waals surface area contributed by atoms with Crippen molar-refractivity contribution in [1.82, 2.24) is 14.4 Å². The summed E-state index contributed by atoms with van der Waals surface area (Å²) in [5.41, 5.74) is 5.51. The predicted molar refractivity (Wildman–Crippen MR) is 159 cm³/mol. The van der Waals surface area contributed by atoms with Crippen molar-refractivity contribution in [3.63, 3.8) is 0 Å². The molecule has 0 unspecified atom stereocenters. The van der Waals surface area contributed by atoms with Crippen LogP contribution in [0.25, 0.3) is 11.1 Å². The largest absolute Gasteiger partial charge is 0.478 e. The summed E-state index contributed by atoms with van der Waals surface area (Å²) in [6, 6.07) is 17.8. The number of likely N-dealkylation sites (tertiary alicyclic amines) is 1. The smallest absolute Gasteiger partial charge is 0.410 e. The minimum Gasteiger partial charge on any atom is -0.478 e. The van der Waals surface area contributed by atoms with E-state index in [1.165, 1.54) is 0 Å². The molecule has 1 aliphatic heterocycles. The molecule has 0 bridgehead atoms. The first-order chi connectivity index (χ1) is 19.9. The maximum absolute atomic E-state index is 13.8. The minimum atomic E-state index is -1.01. The quantitative estimate of drug-likeness (QED) is 0.378. The molecule has 1 fully saturated rings. The Bertz CT molecular complexity index is 1450. The highest BCUT2D eigenvalue weighted by molar-refractivity contribution is 5.89. The van der Waals surface area contributed by atoms with E-state index in [1.807, 2.05) is 49.6 Å². The highest BCUT2D eigenvalue weighted by Gasteiger charge is 2.35. The second-order valence-electron chi connectivity index (χ2n) is 12.1. The second-order valence-corrected chi connectivity index (χ2v) is 12.1. The van der Waals surface area contributed by atoms with Crippen LogP contribution in [0.1, 0.15) is 72.4 Å². The molecule has 1 aromatic heterocycles. The molecule has 9 heteroatoms. The van der Waals surface area contributed by atoms with Crippen LogP contribution in [0.5, 0.6) is 0 Å². The number of aromatic nitrogens is 1. The first-order valence-electron chi connectivity index (χ1n) is 14.4. The molecule has 2 aromatic carbocycles. The molecular weight excluding hydrogens is 534 g/mol. The molecule has 0 atom stereocenters. The van der Waals surface area contributed by atoms with Crippen LogP contribution in [0, 0.1) is 6.92 Å². The van der Waals surface area contributed by atoms with Crippen LogP contribution in [0.4, 0.5) is 9.59 Å². The van der Waals surface area contributed by atoms with Crippen LogP contribution in [0.2, 0.25) is 0 Å². The number of carboxylic acid groups (broad SMARTS) is 1. The van der Waals surface area contributed by atoms with Gasteiger partial charge in [0.1, 0.15) is 12.2 Å². The minimum absolute atomic E-state index is 0.0758. The van der Waals surface area contributed by atoms with Crippen LogP contribution in [0.15, 0.2) is 54.6 Å². The van der Waals surface area contributed by atoms with Gasteiger partial charge in [-0.2, -0.15) is 0 Å². The van der Waals surface area contributed by atoms with Crippen LogP contribution < -0.4 is 0 Å². The summed E-state index contributed by atoms with van der Waals surface area (Å²) in [6.07, 6.45) is 0.290. The molecule has 1 saturated heterocycles. The Morgan fingerprint density at radius 2 is 1.55 bits per heavy atom.